The monoisotopic (exact) mass is 472 g/mol. The predicted octanol–water partition coefficient (Wildman–Crippen LogP) is 5.93. The molecule has 6 heteroatoms. The van der Waals surface area contributed by atoms with Gasteiger partial charge >= 0.3 is 0 Å². The minimum Gasteiger partial charge on any atom is -0.436 e. The number of hydrogen-bond acceptors (Lipinski definition) is 3. The highest BCUT2D eigenvalue weighted by Gasteiger charge is 2.20. The van der Waals surface area contributed by atoms with Crippen molar-refractivity contribution in [1.82, 2.24) is 4.98 Å². The van der Waals surface area contributed by atoms with Crippen LogP contribution in [0.4, 0.5) is 5.69 Å². The van der Waals surface area contributed by atoms with Crippen molar-refractivity contribution in [2.45, 2.75) is 13.3 Å². The van der Waals surface area contributed by atoms with E-state index in [1.807, 2.05) is 24.3 Å². The Labute approximate surface area is 147 Å². The molecule has 0 amide bonds. The maximum absolute atomic E-state index is 6.11. The van der Waals surface area contributed by atoms with Gasteiger partial charge < -0.3 is 10.2 Å². The topological polar surface area (TPSA) is 52.0 Å². The zero-order valence-corrected chi connectivity index (χ0v) is 15.8. The zero-order chi connectivity index (χ0) is 15.1. The number of anilines is 1. The highest BCUT2D eigenvalue weighted by Crippen LogP contribution is 2.41. The molecule has 2 aromatic carbocycles. The summed E-state index contributed by atoms with van der Waals surface area (Å²) in [6.45, 7) is 2.06. The average molecular weight is 475 g/mol. The van der Waals surface area contributed by atoms with Crippen molar-refractivity contribution in [2.75, 3.05) is 5.73 Å². The van der Waals surface area contributed by atoms with Crippen LogP contribution < -0.4 is 5.73 Å². The molecule has 0 aliphatic heterocycles. The number of aryl methyl sites for hydroxylation is 1. The summed E-state index contributed by atoms with van der Waals surface area (Å²) in [4.78, 5) is 4.60. The maximum Gasteiger partial charge on any atom is 0.227 e. The fourth-order valence-electron chi connectivity index (χ4n) is 2.22. The van der Waals surface area contributed by atoms with Gasteiger partial charge in [0.05, 0.1) is 10.2 Å². The van der Waals surface area contributed by atoms with Crippen LogP contribution in [0.1, 0.15) is 12.5 Å². The van der Waals surface area contributed by atoms with Crippen molar-refractivity contribution in [3.8, 4) is 11.5 Å². The molecule has 108 valence electrons. The molecule has 0 saturated carbocycles. The number of nitrogens with two attached hydrogens (primary N) is 1. The quantitative estimate of drug-likeness (QED) is 0.468. The molecule has 21 heavy (non-hydrogen) atoms. The van der Waals surface area contributed by atoms with E-state index in [4.69, 9.17) is 10.2 Å². The summed E-state index contributed by atoms with van der Waals surface area (Å²) in [6, 6.07) is 7.86. The van der Waals surface area contributed by atoms with E-state index in [0.29, 0.717) is 11.6 Å². The Hall–Kier alpha value is -0.850. The van der Waals surface area contributed by atoms with E-state index in [1.165, 1.54) is 0 Å². The van der Waals surface area contributed by atoms with E-state index in [9.17, 15) is 0 Å². The van der Waals surface area contributed by atoms with Gasteiger partial charge in [0.1, 0.15) is 5.52 Å². The summed E-state index contributed by atoms with van der Waals surface area (Å²) < 4.78 is 8.60. The summed E-state index contributed by atoms with van der Waals surface area (Å²) in [5, 5.41) is 0. The summed E-state index contributed by atoms with van der Waals surface area (Å²) in [7, 11) is 0. The van der Waals surface area contributed by atoms with Crippen LogP contribution in [0.25, 0.3) is 22.6 Å². The smallest absolute Gasteiger partial charge is 0.227 e. The summed E-state index contributed by atoms with van der Waals surface area (Å²) >= 11 is 10.5. The van der Waals surface area contributed by atoms with Crippen molar-refractivity contribution < 1.29 is 4.42 Å². The molecule has 0 spiro atoms. The standard InChI is InChI=1S/C15H11Br3N2O/c1-2-9-10(17)12(19)11(18)13-14(9)21-15(20-13)7-4-3-5-8(16)6-7/h3-6H,2,19H2,1H3. The van der Waals surface area contributed by atoms with Crippen LogP contribution >= 0.6 is 47.8 Å². The van der Waals surface area contributed by atoms with Crippen LogP contribution in [0.15, 0.2) is 42.1 Å². The van der Waals surface area contributed by atoms with Gasteiger partial charge in [0.2, 0.25) is 5.89 Å². The van der Waals surface area contributed by atoms with E-state index < -0.39 is 0 Å². The molecule has 1 aromatic heterocycles. The van der Waals surface area contributed by atoms with Gasteiger partial charge in [0, 0.05) is 20.1 Å². The van der Waals surface area contributed by atoms with Gasteiger partial charge in [-0.25, -0.2) is 4.98 Å². The summed E-state index contributed by atoms with van der Waals surface area (Å²) in [5.41, 5.74) is 10.2. The third-order valence-electron chi connectivity index (χ3n) is 3.27. The van der Waals surface area contributed by atoms with Gasteiger partial charge in [-0.05, 0) is 56.5 Å². The van der Waals surface area contributed by atoms with Crippen LogP contribution in [0.2, 0.25) is 0 Å². The molecule has 0 unspecified atom stereocenters. The van der Waals surface area contributed by atoms with Gasteiger partial charge in [0.15, 0.2) is 5.58 Å². The first-order valence-electron chi connectivity index (χ1n) is 6.34. The molecule has 0 bridgehead atoms. The maximum atomic E-state index is 6.11. The summed E-state index contributed by atoms with van der Waals surface area (Å²) in [5.74, 6) is 0.583. The average Bonchev–Trinajstić information content (AvgIpc) is 2.91. The molecule has 0 atom stereocenters. The lowest BCUT2D eigenvalue weighted by Crippen LogP contribution is -1.94. The number of rotatable bonds is 2. The van der Waals surface area contributed by atoms with Gasteiger partial charge in [-0.1, -0.05) is 28.9 Å². The fourth-order valence-corrected chi connectivity index (χ4v) is 4.01. The van der Waals surface area contributed by atoms with Crippen molar-refractivity contribution in [3.05, 3.63) is 43.2 Å². The third kappa shape index (κ3) is 2.53. The summed E-state index contributed by atoms with van der Waals surface area (Å²) in [6.07, 6.45) is 0.807. The van der Waals surface area contributed by atoms with Crippen LogP contribution in [0.5, 0.6) is 0 Å². The molecule has 0 aliphatic carbocycles. The van der Waals surface area contributed by atoms with Crippen LogP contribution in [-0.2, 0) is 6.42 Å². The second-order valence-corrected chi connectivity index (χ2v) is 7.08. The minimum absolute atomic E-state index is 0.583. The van der Waals surface area contributed by atoms with Crippen LogP contribution in [-0.4, -0.2) is 4.98 Å². The Morgan fingerprint density at radius 3 is 2.62 bits per heavy atom. The minimum atomic E-state index is 0.583. The molecule has 2 N–H and O–H groups in total. The molecule has 3 rings (SSSR count). The number of halogens is 3. The number of nitrogens with zero attached hydrogens (tertiary/aromatic N) is 1. The Kier molecular flexibility index (Phi) is 4.12. The Balaban J connectivity index is 2.32. The van der Waals surface area contributed by atoms with Crippen molar-refractivity contribution in [2.24, 2.45) is 0 Å². The number of hydrogen-bond donors (Lipinski definition) is 1. The first-order chi connectivity index (χ1) is 10.0. The first kappa shape index (κ1) is 15.1. The SMILES string of the molecule is CCc1c(Br)c(N)c(Br)c2nc(-c3cccc(Br)c3)oc12. The van der Waals surface area contributed by atoms with Gasteiger partial charge in [-0.3, -0.25) is 0 Å². The number of aromatic nitrogens is 1. The van der Waals surface area contributed by atoms with Crippen molar-refractivity contribution in [3.63, 3.8) is 0 Å². The molecule has 0 saturated heterocycles. The molecule has 0 fully saturated rings. The number of oxazole rings is 1. The highest BCUT2D eigenvalue weighted by molar-refractivity contribution is 9.11. The van der Waals surface area contributed by atoms with Crippen molar-refractivity contribution >= 4 is 64.6 Å². The van der Waals surface area contributed by atoms with E-state index in [2.05, 4.69) is 59.7 Å². The zero-order valence-electron chi connectivity index (χ0n) is 11.1. The molecule has 0 radical (unpaired) electrons. The molecular weight excluding hydrogens is 464 g/mol. The second kappa shape index (κ2) is 5.74. The largest absolute Gasteiger partial charge is 0.436 e. The molecule has 3 nitrogen and oxygen atoms in total. The normalized spacial score (nSPS) is 11.2. The van der Waals surface area contributed by atoms with Crippen molar-refractivity contribution in [1.29, 1.82) is 0 Å². The van der Waals surface area contributed by atoms with Gasteiger partial charge in [-0.15, -0.1) is 0 Å². The van der Waals surface area contributed by atoms with Crippen LogP contribution in [0, 0.1) is 0 Å². The molecule has 1 heterocycles. The lowest BCUT2D eigenvalue weighted by atomic mass is 10.1. The van der Waals surface area contributed by atoms with Gasteiger partial charge in [0.25, 0.3) is 0 Å². The molecule has 0 aliphatic rings. The lowest BCUT2D eigenvalue weighted by Gasteiger charge is -2.07. The Morgan fingerprint density at radius 2 is 1.95 bits per heavy atom. The number of fused-ring (bicyclic) bond motifs is 1. The third-order valence-corrected chi connectivity index (χ3v) is 5.47. The number of nitrogen functional groups attached to an aromatic ring is 1. The Bertz CT molecular complexity index is 843. The van der Waals surface area contributed by atoms with E-state index >= 15 is 0 Å². The molecule has 3 aromatic rings. The van der Waals surface area contributed by atoms with E-state index in [1.54, 1.807) is 0 Å². The molecular formula is C15H11Br3N2O. The second-order valence-electron chi connectivity index (χ2n) is 4.58. The van der Waals surface area contributed by atoms with Gasteiger partial charge in [-0.2, -0.15) is 0 Å². The fraction of sp³-hybridized carbons (Fsp3) is 0.133. The first-order valence-corrected chi connectivity index (χ1v) is 8.72. The lowest BCUT2D eigenvalue weighted by molar-refractivity contribution is 0.615. The number of benzene rings is 2. The van der Waals surface area contributed by atoms with E-state index in [-0.39, 0.29) is 0 Å². The Morgan fingerprint density at radius 1 is 1.19 bits per heavy atom. The predicted molar refractivity (Wildman–Crippen MR) is 96.3 cm³/mol. The van der Waals surface area contributed by atoms with Crippen LogP contribution in [0.3, 0.4) is 0 Å². The van der Waals surface area contributed by atoms with E-state index in [0.717, 1.165) is 42.1 Å². The highest BCUT2D eigenvalue weighted by atomic mass is 79.9.